The molecule has 1 saturated heterocycles. The molecule has 2 atom stereocenters. The Labute approximate surface area is 80.8 Å². The van der Waals surface area contributed by atoms with E-state index in [4.69, 9.17) is 9.47 Å². The fourth-order valence-electron chi connectivity index (χ4n) is 1.68. The highest BCUT2D eigenvalue weighted by atomic mass is 16.7. The number of nitrogens with one attached hydrogen (secondary N) is 1. The summed E-state index contributed by atoms with van der Waals surface area (Å²) in [5.74, 6) is 0.652. The summed E-state index contributed by atoms with van der Waals surface area (Å²) in [4.78, 5) is 0. The first kappa shape index (κ1) is 11.0. The van der Waals surface area contributed by atoms with Crippen LogP contribution in [-0.2, 0) is 9.47 Å². The van der Waals surface area contributed by atoms with Crippen molar-refractivity contribution < 1.29 is 9.47 Å². The van der Waals surface area contributed by atoms with Crippen LogP contribution in [0.4, 0.5) is 0 Å². The molecule has 0 aromatic heterocycles. The van der Waals surface area contributed by atoms with Crippen LogP contribution in [0.15, 0.2) is 0 Å². The van der Waals surface area contributed by atoms with Crippen LogP contribution >= 0.6 is 0 Å². The lowest BCUT2D eigenvalue weighted by atomic mass is 9.98. The van der Waals surface area contributed by atoms with E-state index in [2.05, 4.69) is 5.32 Å². The summed E-state index contributed by atoms with van der Waals surface area (Å²) in [6.07, 6.45) is 5.23. The predicted octanol–water partition coefficient (Wildman–Crippen LogP) is 1.39. The molecule has 0 spiro atoms. The zero-order valence-corrected chi connectivity index (χ0v) is 8.71. The summed E-state index contributed by atoms with van der Waals surface area (Å²) < 4.78 is 10.4. The second kappa shape index (κ2) is 6.35. The van der Waals surface area contributed by atoms with E-state index in [1.165, 1.54) is 25.7 Å². The monoisotopic (exact) mass is 187 g/mol. The first-order chi connectivity index (χ1) is 6.38. The summed E-state index contributed by atoms with van der Waals surface area (Å²) in [5.41, 5.74) is 0. The van der Waals surface area contributed by atoms with Gasteiger partial charge in [0.15, 0.2) is 6.29 Å². The second-order valence-corrected chi connectivity index (χ2v) is 3.65. The molecule has 3 heteroatoms. The van der Waals surface area contributed by atoms with Gasteiger partial charge in [0.1, 0.15) is 0 Å². The van der Waals surface area contributed by atoms with Gasteiger partial charge >= 0.3 is 0 Å². The van der Waals surface area contributed by atoms with Crippen molar-refractivity contribution in [2.24, 2.45) is 5.92 Å². The van der Waals surface area contributed by atoms with E-state index in [0.29, 0.717) is 5.92 Å². The molecule has 1 rings (SSSR count). The van der Waals surface area contributed by atoms with Crippen molar-refractivity contribution in [3.8, 4) is 0 Å². The Hall–Kier alpha value is -0.120. The minimum atomic E-state index is 0.0873. The summed E-state index contributed by atoms with van der Waals surface area (Å²) in [7, 11) is 3.72. The van der Waals surface area contributed by atoms with Crippen LogP contribution < -0.4 is 5.32 Å². The fourth-order valence-corrected chi connectivity index (χ4v) is 1.68. The molecule has 0 bridgehead atoms. The van der Waals surface area contributed by atoms with Gasteiger partial charge in [-0.05, 0) is 26.4 Å². The van der Waals surface area contributed by atoms with Gasteiger partial charge in [-0.3, -0.25) is 0 Å². The maximum atomic E-state index is 5.24. The van der Waals surface area contributed by atoms with Crippen LogP contribution in [0, 0.1) is 5.92 Å². The second-order valence-electron chi connectivity index (χ2n) is 3.65. The molecular formula is C10H21NO2. The van der Waals surface area contributed by atoms with Gasteiger partial charge in [-0.1, -0.05) is 12.8 Å². The molecule has 1 fully saturated rings. The van der Waals surface area contributed by atoms with E-state index >= 15 is 0 Å². The molecule has 0 radical (unpaired) electrons. The molecule has 78 valence electrons. The Bertz CT molecular complexity index is 128. The first-order valence-corrected chi connectivity index (χ1v) is 5.17. The van der Waals surface area contributed by atoms with Crippen LogP contribution in [0.25, 0.3) is 0 Å². The molecule has 1 aliphatic rings. The maximum absolute atomic E-state index is 5.24. The third kappa shape index (κ3) is 3.63. The van der Waals surface area contributed by atoms with E-state index in [0.717, 1.165) is 13.2 Å². The van der Waals surface area contributed by atoms with Crippen LogP contribution in [0.1, 0.15) is 25.7 Å². The van der Waals surface area contributed by atoms with E-state index in [9.17, 15) is 0 Å². The minimum Gasteiger partial charge on any atom is -0.356 e. The minimum absolute atomic E-state index is 0.0873. The standard InChI is InChI=1S/C10H21NO2/c1-11-7-5-3-4-6-9-8-13-10(9)12-2/h9-11H,3-8H2,1-2H3. The van der Waals surface area contributed by atoms with Crippen LogP contribution in [0.3, 0.4) is 0 Å². The Balaban J connectivity index is 1.88. The first-order valence-electron chi connectivity index (χ1n) is 5.17. The molecule has 1 heterocycles. The van der Waals surface area contributed by atoms with Crippen molar-refractivity contribution in [3.05, 3.63) is 0 Å². The lowest BCUT2D eigenvalue weighted by Gasteiger charge is -2.35. The highest BCUT2D eigenvalue weighted by molar-refractivity contribution is 4.71. The van der Waals surface area contributed by atoms with Gasteiger partial charge in [-0.15, -0.1) is 0 Å². The summed E-state index contributed by atoms with van der Waals surface area (Å²) in [6, 6.07) is 0. The molecule has 0 aromatic rings. The van der Waals surface area contributed by atoms with E-state index < -0.39 is 0 Å². The summed E-state index contributed by atoms with van der Waals surface area (Å²) in [6.45, 7) is 2.03. The number of rotatable bonds is 7. The largest absolute Gasteiger partial charge is 0.356 e. The number of unbranched alkanes of at least 4 members (excludes halogenated alkanes) is 2. The van der Waals surface area contributed by atoms with Gasteiger partial charge in [0.25, 0.3) is 0 Å². The fraction of sp³-hybridized carbons (Fsp3) is 1.00. The summed E-state index contributed by atoms with van der Waals surface area (Å²) in [5, 5.41) is 3.15. The predicted molar refractivity (Wildman–Crippen MR) is 52.6 cm³/mol. The van der Waals surface area contributed by atoms with E-state index in [-0.39, 0.29) is 6.29 Å². The SMILES string of the molecule is CNCCCCCC1COC1OC. The van der Waals surface area contributed by atoms with Crippen molar-refractivity contribution in [3.63, 3.8) is 0 Å². The number of hydrogen-bond acceptors (Lipinski definition) is 3. The number of hydrogen-bond donors (Lipinski definition) is 1. The van der Waals surface area contributed by atoms with Gasteiger partial charge < -0.3 is 14.8 Å². The third-order valence-electron chi connectivity index (χ3n) is 2.59. The highest BCUT2D eigenvalue weighted by Gasteiger charge is 2.30. The Morgan fingerprint density at radius 3 is 2.77 bits per heavy atom. The quantitative estimate of drug-likeness (QED) is 0.611. The summed E-state index contributed by atoms with van der Waals surface area (Å²) >= 11 is 0. The molecule has 0 aromatic carbocycles. The average Bonchev–Trinajstić information content (AvgIpc) is 2.10. The van der Waals surface area contributed by atoms with Crippen molar-refractivity contribution in [2.75, 3.05) is 27.3 Å². The van der Waals surface area contributed by atoms with E-state index in [1.54, 1.807) is 7.11 Å². The molecule has 2 unspecified atom stereocenters. The van der Waals surface area contributed by atoms with Gasteiger partial charge in [0.2, 0.25) is 0 Å². The van der Waals surface area contributed by atoms with Crippen molar-refractivity contribution in [1.29, 1.82) is 0 Å². The molecule has 0 aliphatic carbocycles. The van der Waals surface area contributed by atoms with Crippen LogP contribution in [0.5, 0.6) is 0 Å². The normalized spacial score (nSPS) is 27.2. The van der Waals surface area contributed by atoms with Crippen molar-refractivity contribution in [2.45, 2.75) is 32.0 Å². The maximum Gasteiger partial charge on any atom is 0.162 e. The van der Waals surface area contributed by atoms with Gasteiger partial charge in [0.05, 0.1) is 6.61 Å². The third-order valence-corrected chi connectivity index (χ3v) is 2.59. The molecule has 0 saturated carbocycles. The molecule has 3 nitrogen and oxygen atoms in total. The Morgan fingerprint density at radius 1 is 1.38 bits per heavy atom. The Kier molecular flexibility index (Phi) is 5.35. The molecular weight excluding hydrogens is 166 g/mol. The lowest BCUT2D eigenvalue weighted by Crippen LogP contribution is -2.40. The average molecular weight is 187 g/mol. The van der Waals surface area contributed by atoms with Crippen LogP contribution in [-0.4, -0.2) is 33.6 Å². The lowest BCUT2D eigenvalue weighted by molar-refractivity contribution is -0.248. The van der Waals surface area contributed by atoms with Crippen LogP contribution in [0.2, 0.25) is 0 Å². The van der Waals surface area contributed by atoms with Gasteiger partial charge in [-0.25, -0.2) is 0 Å². The number of methoxy groups -OCH3 is 1. The Morgan fingerprint density at radius 2 is 2.23 bits per heavy atom. The zero-order valence-electron chi connectivity index (χ0n) is 8.71. The van der Waals surface area contributed by atoms with Gasteiger partial charge in [-0.2, -0.15) is 0 Å². The highest BCUT2D eigenvalue weighted by Crippen LogP contribution is 2.26. The van der Waals surface area contributed by atoms with Gasteiger partial charge in [0, 0.05) is 13.0 Å². The molecule has 1 aliphatic heterocycles. The van der Waals surface area contributed by atoms with Crippen molar-refractivity contribution in [1.82, 2.24) is 5.32 Å². The van der Waals surface area contributed by atoms with E-state index in [1.807, 2.05) is 7.05 Å². The molecule has 0 amide bonds. The topological polar surface area (TPSA) is 30.5 Å². The number of ether oxygens (including phenoxy) is 2. The zero-order chi connectivity index (χ0) is 9.52. The smallest absolute Gasteiger partial charge is 0.162 e. The van der Waals surface area contributed by atoms with Crippen molar-refractivity contribution >= 4 is 0 Å². The molecule has 1 N–H and O–H groups in total. The molecule has 13 heavy (non-hydrogen) atoms.